The molecular formula is C19H22F3N3. The minimum Gasteiger partial charge on any atom is -0.402 e. The van der Waals surface area contributed by atoms with Gasteiger partial charge in [0.05, 0.1) is 0 Å². The van der Waals surface area contributed by atoms with Crippen LogP contribution >= 0.6 is 0 Å². The van der Waals surface area contributed by atoms with Crippen molar-refractivity contribution in [2.75, 3.05) is 11.9 Å². The first-order valence-corrected chi connectivity index (χ1v) is 7.55. The molecule has 0 heterocycles. The van der Waals surface area contributed by atoms with Crippen LogP contribution in [0.4, 0.5) is 18.9 Å². The van der Waals surface area contributed by atoms with Crippen LogP contribution in [0.3, 0.4) is 0 Å². The lowest BCUT2D eigenvalue weighted by Crippen LogP contribution is -2.07. The van der Waals surface area contributed by atoms with Crippen molar-refractivity contribution in [1.82, 2.24) is 0 Å². The summed E-state index contributed by atoms with van der Waals surface area (Å²) >= 11 is 0. The van der Waals surface area contributed by atoms with Gasteiger partial charge in [0, 0.05) is 35.3 Å². The van der Waals surface area contributed by atoms with Crippen molar-refractivity contribution in [3.63, 3.8) is 0 Å². The molecule has 0 saturated carbocycles. The van der Waals surface area contributed by atoms with E-state index in [1.54, 1.807) is 38.1 Å². The fourth-order valence-corrected chi connectivity index (χ4v) is 2.06. The fourth-order valence-electron chi connectivity index (χ4n) is 2.06. The Balaban J connectivity index is 2.94. The van der Waals surface area contributed by atoms with E-state index in [0.29, 0.717) is 28.0 Å². The van der Waals surface area contributed by atoms with E-state index in [-0.39, 0.29) is 6.54 Å². The number of nitrogens with zero attached hydrogens (tertiary/aromatic N) is 1. The molecule has 1 aromatic rings. The van der Waals surface area contributed by atoms with Gasteiger partial charge in [0.2, 0.25) is 0 Å². The number of aliphatic imine (C=N–C) groups is 1. The smallest absolute Gasteiger partial charge is 0.331 e. The number of alkyl halides is 2. The number of nitrogens with one attached hydrogen (secondary N) is 1. The Kier molecular flexibility index (Phi) is 7.72. The molecule has 0 bridgehead atoms. The lowest BCUT2D eigenvalue weighted by atomic mass is 10.0. The van der Waals surface area contributed by atoms with E-state index in [0.717, 1.165) is 18.0 Å². The van der Waals surface area contributed by atoms with Crippen LogP contribution in [0.5, 0.6) is 0 Å². The number of halogens is 3. The first kappa shape index (κ1) is 20.3. The highest BCUT2D eigenvalue weighted by atomic mass is 19.3. The second kappa shape index (κ2) is 9.52. The molecule has 1 rings (SSSR count). The molecule has 0 fully saturated rings. The molecule has 0 aromatic heterocycles. The Bertz CT molecular complexity index is 710. The quantitative estimate of drug-likeness (QED) is 0.391. The lowest BCUT2D eigenvalue weighted by molar-refractivity contribution is 0.161. The van der Waals surface area contributed by atoms with Gasteiger partial charge in [-0.15, -0.1) is 0 Å². The van der Waals surface area contributed by atoms with E-state index in [2.05, 4.69) is 23.5 Å². The average Bonchev–Trinajstić information content (AvgIpc) is 2.55. The third-order valence-corrected chi connectivity index (χ3v) is 3.39. The molecule has 134 valence electrons. The normalized spacial score (nSPS) is 13.5. The van der Waals surface area contributed by atoms with Crippen LogP contribution in [0, 0.1) is 0 Å². The van der Waals surface area contributed by atoms with Crippen molar-refractivity contribution in [3.05, 3.63) is 71.7 Å². The maximum Gasteiger partial charge on any atom is 0.331 e. The number of rotatable bonds is 8. The number of hydrogen-bond acceptors (Lipinski definition) is 3. The summed E-state index contributed by atoms with van der Waals surface area (Å²) < 4.78 is 38.2. The number of anilines is 1. The van der Waals surface area contributed by atoms with Gasteiger partial charge >= 0.3 is 6.55 Å². The molecule has 0 spiro atoms. The molecule has 0 saturated heterocycles. The molecule has 6 heteroatoms. The maximum absolute atomic E-state index is 13.7. The zero-order valence-corrected chi connectivity index (χ0v) is 14.3. The van der Waals surface area contributed by atoms with E-state index < -0.39 is 12.4 Å². The van der Waals surface area contributed by atoms with Crippen LogP contribution < -0.4 is 11.1 Å². The highest BCUT2D eigenvalue weighted by Gasteiger charge is 2.07. The summed E-state index contributed by atoms with van der Waals surface area (Å²) in [6, 6.07) is 6.94. The molecule has 1 aromatic carbocycles. The third kappa shape index (κ3) is 6.33. The second-order valence-corrected chi connectivity index (χ2v) is 5.39. The lowest BCUT2D eigenvalue weighted by Gasteiger charge is -2.12. The Morgan fingerprint density at radius 2 is 1.88 bits per heavy atom. The van der Waals surface area contributed by atoms with Crippen LogP contribution in [-0.4, -0.2) is 19.3 Å². The van der Waals surface area contributed by atoms with Crippen LogP contribution in [0.1, 0.15) is 19.4 Å². The maximum atomic E-state index is 13.7. The molecule has 0 atom stereocenters. The Morgan fingerprint density at radius 3 is 2.32 bits per heavy atom. The third-order valence-electron chi connectivity index (χ3n) is 3.39. The van der Waals surface area contributed by atoms with Crippen LogP contribution in [0.2, 0.25) is 0 Å². The van der Waals surface area contributed by atoms with Gasteiger partial charge in [0.1, 0.15) is 5.83 Å². The molecule has 0 radical (unpaired) electrons. The van der Waals surface area contributed by atoms with Crippen LogP contribution in [0.25, 0.3) is 5.57 Å². The average molecular weight is 349 g/mol. The molecule has 0 aliphatic carbocycles. The van der Waals surface area contributed by atoms with Gasteiger partial charge in [0.15, 0.2) is 0 Å². The van der Waals surface area contributed by atoms with Crippen molar-refractivity contribution in [2.24, 2.45) is 10.7 Å². The van der Waals surface area contributed by atoms with Crippen molar-refractivity contribution < 1.29 is 13.2 Å². The zero-order chi connectivity index (χ0) is 19.0. The second-order valence-electron chi connectivity index (χ2n) is 5.39. The Labute approximate surface area is 146 Å². The van der Waals surface area contributed by atoms with Crippen LogP contribution in [-0.2, 0) is 0 Å². The van der Waals surface area contributed by atoms with E-state index in [1.165, 1.54) is 0 Å². The number of hydrogen-bond donors (Lipinski definition) is 2. The van der Waals surface area contributed by atoms with Crippen molar-refractivity contribution in [3.8, 4) is 0 Å². The van der Waals surface area contributed by atoms with Gasteiger partial charge in [-0.2, -0.15) is 8.78 Å². The summed E-state index contributed by atoms with van der Waals surface area (Å²) in [5, 5.41) is 3.08. The molecule has 0 aliphatic rings. The summed E-state index contributed by atoms with van der Waals surface area (Å²) in [6.45, 7) is 7.94. The predicted octanol–water partition coefficient (Wildman–Crippen LogP) is 5.07. The highest BCUT2D eigenvalue weighted by molar-refractivity contribution is 6.10. The highest BCUT2D eigenvalue weighted by Crippen LogP contribution is 2.20. The standard InChI is InChI=1S/C19H22F3N3/c1-5-18(20)16(12(2)3)10-24-15-8-6-14(7-9-15)17(13(4)23)11-25-19(21)22/h5-9,11,19,24H,1-2,10,23H2,3-4H3/b17-13+,18-16+,25-11+. The summed E-state index contributed by atoms with van der Waals surface area (Å²) in [5.41, 5.74) is 8.97. The van der Waals surface area contributed by atoms with Gasteiger partial charge in [-0.1, -0.05) is 30.9 Å². The van der Waals surface area contributed by atoms with Gasteiger partial charge in [-0.3, -0.25) is 0 Å². The molecule has 0 unspecified atom stereocenters. The van der Waals surface area contributed by atoms with Crippen LogP contribution in [0.15, 0.2) is 71.2 Å². The molecule has 25 heavy (non-hydrogen) atoms. The molecule has 0 amide bonds. The van der Waals surface area contributed by atoms with Gasteiger partial charge in [0.25, 0.3) is 0 Å². The molecule has 3 N–H and O–H groups in total. The van der Waals surface area contributed by atoms with E-state index >= 15 is 0 Å². The van der Waals surface area contributed by atoms with E-state index in [4.69, 9.17) is 5.73 Å². The summed E-state index contributed by atoms with van der Waals surface area (Å²) in [6.07, 6.45) is 2.20. The van der Waals surface area contributed by atoms with Crippen molar-refractivity contribution in [1.29, 1.82) is 0 Å². The number of nitrogens with two attached hydrogens (primary N) is 1. The Morgan fingerprint density at radius 1 is 1.28 bits per heavy atom. The first-order chi connectivity index (χ1) is 11.8. The summed E-state index contributed by atoms with van der Waals surface area (Å²) in [5.74, 6) is -0.427. The SMILES string of the molecule is C=C/C(F)=C(/CNc1ccc(C(/C=N/C(F)F)=C(\C)N)cc1)C(=C)C. The molecule has 0 aliphatic heterocycles. The van der Waals surface area contributed by atoms with Crippen molar-refractivity contribution >= 4 is 17.5 Å². The number of benzene rings is 1. The summed E-state index contributed by atoms with van der Waals surface area (Å²) in [4.78, 5) is 3.07. The van der Waals surface area contributed by atoms with Gasteiger partial charge < -0.3 is 11.1 Å². The van der Waals surface area contributed by atoms with Gasteiger partial charge in [-0.05, 0) is 37.6 Å². The predicted molar refractivity (Wildman–Crippen MR) is 99.4 cm³/mol. The minimum absolute atomic E-state index is 0.248. The van der Waals surface area contributed by atoms with Gasteiger partial charge in [-0.25, -0.2) is 9.38 Å². The molecule has 3 nitrogen and oxygen atoms in total. The molecular weight excluding hydrogens is 327 g/mol. The van der Waals surface area contributed by atoms with E-state index in [1.807, 2.05) is 0 Å². The first-order valence-electron chi connectivity index (χ1n) is 7.55. The fraction of sp³-hybridized carbons (Fsp3) is 0.211. The largest absolute Gasteiger partial charge is 0.402 e. The summed E-state index contributed by atoms with van der Waals surface area (Å²) in [7, 11) is 0. The Hall–Kier alpha value is -2.76. The zero-order valence-electron chi connectivity index (χ0n) is 14.3. The topological polar surface area (TPSA) is 50.4 Å². The van der Waals surface area contributed by atoms with Crippen molar-refractivity contribution in [2.45, 2.75) is 20.4 Å². The van der Waals surface area contributed by atoms with E-state index in [9.17, 15) is 13.2 Å². The number of allylic oxidation sites excluding steroid dienone is 4. The minimum atomic E-state index is -2.79. The monoisotopic (exact) mass is 349 g/mol.